The average Bonchev–Trinajstić information content (AvgIpc) is 3.17. The van der Waals surface area contributed by atoms with Crippen LogP contribution in [0.1, 0.15) is 12.5 Å². The minimum atomic E-state index is -0.139. The number of aromatic nitrogens is 3. The number of hydrogen-bond acceptors (Lipinski definition) is 5. The van der Waals surface area contributed by atoms with Gasteiger partial charge in [0.25, 0.3) is 0 Å². The van der Waals surface area contributed by atoms with Gasteiger partial charge in [-0.2, -0.15) is 10.4 Å². The van der Waals surface area contributed by atoms with Crippen molar-refractivity contribution < 1.29 is 9.90 Å². The second-order valence-corrected chi connectivity index (χ2v) is 7.50. The lowest BCUT2D eigenvalue weighted by Gasteiger charge is -2.08. The number of benzene rings is 2. The van der Waals surface area contributed by atoms with Crippen molar-refractivity contribution in [3.05, 3.63) is 72.6 Å². The van der Waals surface area contributed by atoms with Crippen LogP contribution in [0.5, 0.6) is 5.75 Å². The molecule has 4 rings (SSSR count). The summed E-state index contributed by atoms with van der Waals surface area (Å²) >= 11 is 0. The molecule has 0 aliphatic carbocycles. The maximum atomic E-state index is 11.4. The number of aryl methyl sites for hydroxylation is 1. The summed E-state index contributed by atoms with van der Waals surface area (Å²) in [6.45, 7) is 3.48. The van der Waals surface area contributed by atoms with Crippen molar-refractivity contribution in [2.45, 2.75) is 20.4 Å². The molecule has 0 aliphatic rings. The number of amides is 1. The van der Waals surface area contributed by atoms with Crippen LogP contribution in [0.3, 0.4) is 0 Å². The summed E-state index contributed by atoms with van der Waals surface area (Å²) in [6, 6.07) is 18.7. The first-order valence-electron chi connectivity index (χ1n) is 10.0. The Labute approximate surface area is 185 Å². The minimum absolute atomic E-state index is 0.113. The van der Waals surface area contributed by atoms with E-state index >= 15 is 0 Å². The predicted molar refractivity (Wildman–Crippen MR) is 123 cm³/mol. The second-order valence-electron chi connectivity index (χ2n) is 7.50. The molecule has 2 aromatic heterocycles. The van der Waals surface area contributed by atoms with Gasteiger partial charge in [-0.15, -0.1) is 0 Å². The first-order valence-corrected chi connectivity index (χ1v) is 10.0. The normalized spacial score (nSPS) is 10.5. The lowest BCUT2D eigenvalue weighted by Crippen LogP contribution is -2.05. The van der Waals surface area contributed by atoms with E-state index in [1.807, 2.05) is 55.6 Å². The summed E-state index contributed by atoms with van der Waals surface area (Å²) in [5.41, 5.74) is 6.33. The topological polar surface area (TPSA) is 104 Å². The van der Waals surface area contributed by atoms with Crippen LogP contribution >= 0.6 is 0 Å². The predicted octanol–water partition coefficient (Wildman–Crippen LogP) is 4.78. The standard InChI is InChI=1S/C25H21N5O2/c1-16-10-20(13-22(32)11-16)25-23(15-30(29-25)9-7-26)18-6-8-27-24(14-18)19-4-3-5-21(12-19)28-17(2)31/h3-6,8,10-15,32H,9H2,1-2H3,(H,28,31). The number of nitrogens with zero attached hydrogens (tertiary/aromatic N) is 4. The Hall–Kier alpha value is -4.44. The zero-order chi connectivity index (χ0) is 22.7. The molecule has 158 valence electrons. The molecule has 4 aromatic rings. The Morgan fingerprint density at radius 2 is 1.97 bits per heavy atom. The Kier molecular flexibility index (Phi) is 5.69. The van der Waals surface area contributed by atoms with Crippen LogP contribution < -0.4 is 5.32 Å². The fourth-order valence-corrected chi connectivity index (χ4v) is 3.61. The number of carbonyl (C=O) groups is 1. The summed E-state index contributed by atoms with van der Waals surface area (Å²) in [5.74, 6) is 0.0193. The van der Waals surface area contributed by atoms with Crippen LogP contribution in [0.15, 0.2) is 67.0 Å². The van der Waals surface area contributed by atoms with Crippen molar-refractivity contribution >= 4 is 11.6 Å². The number of phenols is 1. The number of hydrogen-bond donors (Lipinski definition) is 2. The highest BCUT2D eigenvalue weighted by atomic mass is 16.3. The molecule has 32 heavy (non-hydrogen) atoms. The van der Waals surface area contributed by atoms with Crippen LogP contribution in [0.2, 0.25) is 0 Å². The van der Waals surface area contributed by atoms with Gasteiger partial charge in [0.15, 0.2) is 0 Å². The number of carbonyl (C=O) groups excluding carboxylic acids is 1. The van der Waals surface area contributed by atoms with E-state index in [4.69, 9.17) is 5.26 Å². The van der Waals surface area contributed by atoms with Crippen molar-refractivity contribution in [1.82, 2.24) is 14.8 Å². The monoisotopic (exact) mass is 423 g/mol. The van der Waals surface area contributed by atoms with Gasteiger partial charge in [-0.05, 0) is 60.5 Å². The third-order valence-corrected chi connectivity index (χ3v) is 4.88. The number of aromatic hydroxyl groups is 1. The molecule has 0 bridgehead atoms. The molecule has 0 atom stereocenters. The number of phenolic OH excluding ortho intramolecular Hbond substituents is 1. The number of rotatable bonds is 5. The lowest BCUT2D eigenvalue weighted by molar-refractivity contribution is -0.114. The molecular formula is C25H21N5O2. The van der Waals surface area contributed by atoms with Crippen molar-refractivity contribution in [1.29, 1.82) is 5.26 Å². The van der Waals surface area contributed by atoms with E-state index in [1.165, 1.54) is 6.92 Å². The van der Waals surface area contributed by atoms with Gasteiger partial charge in [0.1, 0.15) is 18.0 Å². The molecule has 0 aliphatic heterocycles. The van der Waals surface area contributed by atoms with Gasteiger partial charge >= 0.3 is 0 Å². The molecule has 2 aromatic carbocycles. The molecule has 1 amide bonds. The Balaban J connectivity index is 1.81. The van der Waals surface area contributed by atoms with Gasteiger partial charge in [-0.1, -0.05) is 12.1 Å². The molecule has 0 saturated carbocycles. The van der Waals surface area contributed by atoms with Gasteiger partial charge in [-0.25, -0.2) is 0 Å². The van der Waals surface area contributed by atoms with Crippen LogP contribution in [0.4, 0.5) is 5.69 Å². The van der Waals surface area contributed by atoms with E-state index < -0.39 is 0 Å². The molecule has 0 fully saturated rings. The second kappa shape index (κ2) is 8.74. The molecule has 0 spiro atoms. The molecule has 0 radical (unpaired) electrons. The summed E-state index contributed by atoms with van der Waals surface area (Å²) in [5, 5.41) is 26.6. The fourth-order valence-electron chi connectivity index (χ4n) is 3.61. The molecule has 7 heteroatoms. The molecular weight excluding hydrogens is 402 g/mol. The first-order chi connectivity index (χ1) is 15.4. The van der Waals surface area contributed by atoms with Gasteiger partial charge in [0.2, 0.25) is 5.91 Å². The van der Waals surface area contributed by atoms with E-state index in [9.17, 15) is 9.90 Å². The highest BCUT2D eigenvalue weighted by molar-refractivity contribution is 5.89. The largest absolute Gasteiger partial charge is 0.508 e. The summed E-state index contributed by atoms with van der Waals surface area (Å²) in [6.07, 6.45) is 3.54. The van der Waals surface area contributed by atoms with Gasteiger partial charge in [0.05, 0.1) is 11.8 Å². The maximum absolute atomic E-state index is 11.4. The van der Waals surface area contributed by atoms with E-state index in [0.717, 1.165) is 33.5 Å². The fraction of sp³-hybridized carbons (Fsp3) is 0.120. The Bertz CT molecular complexity index is 1330. The smallest absolute Gasteiger partial charge is 0.221 e. The van der Waals surface area contributed by atoms with Crippen molar-refractivity contribution in [3.63, 3.8) is 0 Å². The Morgan fingerprint density at radius 1 is 1.12 bits per heavy atom. The maximum Gasteiger partial charge on any atom is 0.221 e. The highest BCUT2D eigenvalue weighted by Crippen LogP contribution is 2.34. The number of anilines is 1. The van der Waals surface area contributed by atoms with Crippen LogP contribution in [-0.4, -0.2) is 25.8 Å². The molecule has 2 N–H and O–H groups in total. The molecule has 2 heterocycles. The summed E-state index contributed by atoms with van der Waals surface area (Å²) in [4.78, 5) is 15.9. The first kappa shape index (κ1) is 20.8. The number of pyridine rings is 1. The van der Waals surface area contributed by atoms with Crippen LogP contribution in [0, 0.1) is 18.3 Å². The Morgan fingerprint density at radius 3 is 2.72 bits per heavy atom. The van der Waals surface area contributed by atoms with E-state index in [0.29, 0.717) is 11.4 Å². The highest BCUT2D eigenvalue weighted by Gasteiger charge is 2.15. The van der Waals surface area contributed by atoms with Crippen molar-refractivity contribution in [3.8, 4) is 45.5 Å². The van der Waals surface area contributed by atoms with Crippen molar-refractivity contribution in [2.24, 2.45) is 0 Å². The van der Waals surface area contributed by atoms with E-state index in [2.05, 4.69) is 21.5 Å². The third-order valence-electron chi connectivity index (χ3n) is 4.88. The summed E-state index contributed by atoms with van der Waals surface area (Å²) in [7, 11) is 0. The quantitative estimate of drug-likeness (QED) is 0.481. The lowest BCUT2D eigenvalue weighted by atomic mass is 9.99. The summed E-state index contributed by atoms with van der Waals surface area (Å²) < 4.78 is 1.58. The van der Waals surface area contributed by atoms with E-state index in [-0.39, 0.29) is 18.2 Å². The molecule has 0 saturated heterocycles. The zero-order valence-electron chi connectivity index (χ0n) is 17.7. The third kappa shape index (κ3) is 4.50. The number of nitrogens with one attached hydrogen (secondary N) is 1. The molecule has 0 unspecified atom stereocenters. The van der Waals surface area contributed by atoms with Gasteiger partial charge < -0.3 is 10.4 Å². The van der Waals surface area contributed by atoms with Crippen LogP contribution in [0.25, 0.3) is 33.6 Å². The van der Waals surface area contributed by atoms with Crippen molar-refractivity contribution in [2.75, 3.05) is 5.32 Å². The van der Waals surface area contributed by atoms with Gasteiger partial charge in [0, 0.05) is 41.7 Å². The van der Waals surface area contributed by atoms with Gasteiger partial charge in [-0.3, -0.25) is 14.5 Å². The average molecular weight is 423 g/mol. The van der Waals surface area contributed by atoms with E-state index in [1.54, 1.807) is 23.0 Å². The number of nitriles is 1. The molecule has 7 nitrogen and oxygen atoms in total. The zero-order valence-corrected chi connectivity index (χ0v) is 17.7. The SMILES string of the molecule is CC(=O)Nc1cccc(-c2cc(-c3cn(CC#N)nc3-c3cc(C)cc(O)c3)ccn2)c1. The minimum Gasteiger partial charge on any atom is -0.508 e. The van der Waals surface area contributed by atoms with Crippen LogP contribution in [-0.2, 0) is 11.3 Å².